The molecule has 2 heterocycles. The highest BCUT2D eigenvalue weighted by molar-refractivity contribution is 6.30. The van der Waals surface area contributed by atoms with Gasteiger partial charge in [-0.25, -0.2) is 0 Å². The molecule has 1 aromatic carbocycles. The largest absolute Gasteiger partial charge is 0.469 e. The molecule has 0 bridgehead atoms. The number of nitrogens with zero attached hydrogens (tertiary/aromatic N) is 2. The van der Waals surface area contributed by atoms with Crippen LogP contribution < -0.4 is 5.73 Å². The zero-order chi connectivity index (χ0) is 14.8. The molecule has 108 valence electrons. The molecule has 21 heavy (non-hydrogen) atoms. The number of hydrogen-bond acceptors (Lipinski definition) is 3. The second kappa shape index (κ2) is 5.66. The molecule has 0 aliphatic rings. The van der Waals surface area contributed by atoms with Crippen LogP contribution in [0.25, 0.3) is 11.1 Å². The van der Waals surface area contributed by atoms with Gasteiger partial charge in [0.1, 0.15) is 11.6 Å². The lowest BCUT2D eigenvalue weighted by molar-refractivity contribution is 0.507. The van der Waals surface area contributed by atoms with E-state index in [1.54, 1.807) is 10.9 Å². The molecule has 0 spiro atoms. The second-order valence-electron chi connectivity index (χ2n) is 4.92. The van der Waals surface area contributed by atoms with Gasteiger partial charge in [0.15, 0.2) is 0 Å². The minimum absolute atomic E-state index is 0.645. The second-order valence-corrected chi connectivity index (χ2v) is 5.36. The van der Waals surface area contributed by atoms with Crippen molar-refractivity contribution in [3.63, 3.8) is 0 Å². The number of nitrogens with two attached hydrogens (primary N) is 1. The molecule has 0 amide bonds. The summed E-state index contributed by atoms with van der Waals surface area (Å²) in [5.74, 6) is 1.59. The van der Waals surface area contributed by atoms with Gasteiger partial charge >= 0.3 is 0 Å². The monoisotopic (exact) mass is 301 g/mol. The predicted octanol–water partition coefficient (Wildman–Crippen LogP) is 3.70. The Kier molecular flexibility index (Phi) is 3.71. The van der Waals surface area contributed by atoms with Gasteiger partial charge in [-0.1, -0.05) is 23.7 Å². The van der Waals surface area contributed by atoms with Crippen LogP contribution in [0.15, 0.2) is 47.1 Å². The van der Waals surface area contributed by atoms with E-state index >= 15 is 0 Å². The first-order valence-electron chi connectivity index (χ1n) is 6.75. The van der Waals surface area contributed by atoms with Crippen molar-refractivity contribution in [2.75, 3.05) is 5.73 Å². The summed E-state index contributed by atoms with van der Waals surface area (Å²) in [7, 11) is 1.85. The Morgan fingerprint density at radius 3 is 2.81 bits per heavy atom. The topological polar surface area (TPSA) is 57.0 Å². The Balaban J connectivity index is 1.95. The third-order valence-electron chi connectivity index (χ3n) is 3.47. The third-order valence-corrected chi connectivity index (χ3v) is 3.70. The maximum absolute atomic E-state index is 6.17. The summed E-state index contributed by atoms with van der Waals surface area (Å²) in [5, 5.41) is 5.21. The van der Waals surface area contributed by atoms with E-state index in [2.05, 4.69) is 5.10 Å². The SMILES string of the molecule is Cn1nc(CCc2ccco2)c(-c2cccc(Cl)c2)c1N. The molecule has 0 unspecified atom stereocenters. The number of anilines is 1. The summed E-state index contributed by atoms with van der Waals surface area (Å²) in [5.41, 5.74) is 9.06. The van der Waals surface area contributed by atoms with Gasteiger partial charge in [-0.2, -0.15) is 5.10 Å². The molecule has 3 aromatic rings. The molecule has 3 rings (SSSR count). The average Bonchev–Trinajstić information content (AvgIpc) is 3.06. The number of halogens is 1. The molecule has 0 aliphatic heterocycles. The summed E-state index contributed by atoms with van der Waals surface area (Å²) in [6.45, 7) is 0. The lowest BCUT2D eigenvalue weighted by Gasteiger charge is -2.04. The molecule has 4 nitrogen and oxygen atoms in total. The molecule has 0 fully saturated rings. The van der Waals surface area contributed by atoms with Crippen LogP contribution in [-0.4, -0.2) is 9.78 Å². The Labute approximate surface area is 128 Å². The first-order chi connectivity index (χ1) is 10.1. The van der Waals surface area contributed by atoms with Gasteiger partial charge in [-0.15, -0.1) is 0 Å². The number of aromatic nitrogens is 2. The fourth-order valence-corrected chi connectivity index (χ4v) is 2.61. The van der Waals surface area contributed by atoms with Crippen LogP contribution in [0, 0.1) is 0 Å². The quantitative estimate of drug-likeness (QED) is 0.799. The van der Waals surface area contributed by atoms with Crippen LogP contribution >= 0.6 is 11.6 Å². The van der Waals surface area contributed by atoms with Crippen molar-refractivity contribution >= 4 is 17.4 Å². The van der Waals surface area contributed by atoms with Crippen LogP contribution in [0.3, 0.4) is 0 Å². The number of hydrogen-bond donors (Lipinski definition) is 1. The Morgan fingerprint density at radius 1 is 1.24 bits per heavy atom. The Bertz CT molecular complexity index is 747. The van der Waals surface area contributed by atoms with Gasteiger partial charge in [0.2, 0.25) is 0 Å². The lowest BCUT2D eigenvalue weighted by atomic mass is 10.0. The lowest BCUT2D eigenvalue weighted by Crippen LogP contribution is -1.98. The number of benzene rings is 1. The van der Waals surface area contributed by atoms with Crippen molar-refractivity contribution in [1.82, 2.24) is 9.78 Å². The number of aryl methyl sites for hydroxylation is 3. The van der Waals surface area contributed by atoms with E-state index < -0.39 is 0 Å². The van der Waals surface area contributed by atoms with E-state index in [9.17, 15) is 0 Å². The highest BCUT2D eigenvalue weighted by atomic mass is 35.5. The van der Waals surface area contributed by atoms with Crippen molar-refractivity contribution in [3.8, 4) is 11.1 Å². The van der Waals surface area contributed by atoms with Gasteiger partial charge < -0.3 is 10.2 Å². The predicted molar refractivity (Wildman–Crippen MR) is 84.2 cm³/mol. The first kappa shape index (κ1) is 13.8. The molecule has 5 heteroatoms. The van der Waals surface area contributed by atoms with E-state index in [1.165, 1.54) is 0 Å². The summed E-state index contributed by atoms with van der Waals surface area (Å²) >= 11 is 6.08. The number of furan rings is 1. The molecule has 0 saturated heterocycles. The highest BCUT2D eigenvalue weighted by Gasteiger charge is 2.16. The van der Waals surface area contributed by atoms with Gasteiger partial charge in [-0.05, 0) is 36.2 Å². The maximum atomic E-state index is 6.17. The van der Waals surface area contributed by atoms with Gasteiger partial charge in [0.25, 0.3) is 0 Å². The minimum Gasteiger partial charge on any atom is -0.469 e. The van der Waals surface area contributed by atoms with E-state index in [1.807, 2.05) is 43.4 Å². The van der Waals surface area contributed by atoms with Crippen LogP contribution in [0.2, 0.25) is 5.02 Å². The molecule has 2 N–H and O–H groups in total. The standard InChI is InChI=1S/C16H16ClN3O/c1-20-16(18)15(11-4-2-5-12(17)10-11)14(19-20)8-7-13-6-3-9-21-13/h2-6,9-10H,7-8,18H2,1H3. The molecular formula is C16H16ClN3O. The van der Waals surface area contributed by atoms with Crippen LogP contribution in [0.4, 0.5) is 5.82 Å². The van der Waals surface area contributed by atoms with Crippen LogP contribution in [0.1, 0.15) is 11.5 Å². The summed E-state index contributed by atoms with van der Waals surface area (Å²) in [4.78, 5) is 0. The van der Waals surface area contributed by atoms with Gasteiger partial charge in [-0.3, -0.25) is 4.68 Å². The van der Waals surface area contributed by atoms with E-state index in [0.717, 1.165) is 35.4 Å². The number of rotatable bonds is 4. The minimum atomic E-state index is 0.645. The van der Waals surface area contributed by atoms with E-state index in [0.29, 0.717) is 10.8 Å². The molecule has 2 aromatic heterocycles. The highest BCUT2D eigenvalue weighted by Crippen LogP contribution is 2.31. The smallest absolute Gasteiger partial charge is 0.129 e. The van der Waals surface area contributed by atoms with Crippen molar-refractivity contribution in [2.24, 2.45) is 7.05 Å². The molecule has 0 atom stereocenters. The van der Waals surface area contributed by atoms with Crippen molar-refractivity contribution in [2.45, 2.75) is 12.8 Å². The third kappa shape index (κ3) is 2.81. The molecule has 0 radical (unpaired) electrons. The Hall–Kier alpha value is -2.20. The number of nitrogen functional groups attached to an aromatic ring is 1. The van der Waals surface area contributed by atoms with Gasteiger partial charge in [0.05, 0.1) is 12.0 Å². The van der Waals surface area contributed by atoms with Crippen LogP contribution in [-0.2, 0) is 19.9 Å². The fraction of sp³-hybridized carbons (Fsp3) is 0.188. The first-order valence-corrected chi connectivity index (χ1v) is 7.12. The molecule has 0 aliphatic carbocycles. The van der Waals surface area contributed by atoms with E-state index in [-0.39, 0.29) is 0 Å². The zero-order valence-electron chi connectivity index (χ0n) is 11.7. The van der Waals surface area contributed by atoms with Crippen molar-refractivity contribution in [3.05, 3.63) is 59.1 Å². The summed E-state index contributed by atoms with van der Waals surface area (Å²) < 4.78 is 7.07. The molecular weight excluding hydrogens is 286 g/mol. The molecule has 0 saturated carbocycles. The Morgan fingerprint density at radius 2 is 2.10 bits per heavy atom. The van der Waals surface area contributed by atoms with Crippen LogP contribution in [0.5, 0.6) is 0 Å². The summed E-state index contributed by atoms with van der Waals surface area (Å²) in [6.07, 6.45) is 3.23. The van der Waals surface area contributed by atoms with E-state index in [4.69, 9.17) is 21.8 Å². The average molecular weight is 302 g/mol. The normalized spacial score (nSPS) is 11.0. The van der Waals surface area contributed by atoms with Gasteiger partial charge in [0, 0.05) is 24.1 Å². The fourth-order valence-electron chi connectivity index (χ4n) is 2.42. The van der Waals surface area contributed by atoms with Crippen molar-refractivity contribution < 1.29 is 4.42 Å². The van der Waals surface area contributed by atoms with Crippen molar-refractivity contribution in [1.29, 1.82) is 0 Å². The summed E-state index contributed by atoms with van der Waals surface area (Å²) in [6, 6.07) is 11.5. The zero-order valence-corrected chi connectivity index (χ0v) is 12.5. The maximum Gasteiger partial charge on any atom is 0.129 e.